The third-order valence-electron chi connectivity index (χ3n) is 1.20. The Hall–Kier alpha value is -1.36. The van der Waals surface area contributed by atoms with Crippen molar-refractivity contribution in [3.63, 3.8) is 0 Å². The van der Waals surface area contributed by atoms with E-state index in [0.717, 1.165) is 0 Å². The molecule has 0 saturated carbocycles. The molecule has 0 heterocycles. The summed E-state index contributed by atoms with van der Waals surface area (Å²) in [7, 11) is 0. The Bertz CT molecular complexity index is 202. The Balaban J connectivity index is 3.87. The van der Waals surface area contributed by atoms with E-state index in [1.165, 1.54) is 13.0 Å². The largest absolute Gasteiger partial charge is 0.480 e. The molecule has 5 nitrogen and oxygen atoms in total. The van der Waals surface area contributed by atoms with Crippen molar-refractivity contribution < 1.29 is 19.4 Å². The molecule has 0 aliphatic carbocycles. The average Bonchev–Trinajstić information content (AvgIpc) is 2.02. The Morgan fingerprint density at radius 3 is 2.69 bits per heavy atom. The maximum absolute atomic E-state index is 10.5. The summed E-state index contributed by atoms with van der Waals surface area (Å²) < 4.78 is 4.89. The highest BCUT2D eigenvalue weighted by Crippen LogP contribution is 1.87. The van der Waals surface area contributed by atoms with Crippen molar-refractivity contribution in [3.8, 4) is 0 Å². The second kappa shape index (κ2) is 6.19. The molecular formula is C8H13NO4. The molecule has 0 bridgehead atoms. The molecule has 0 aromatic heterocycles. The van der Waals surface area contributed by atoms with E-state index in [1.54, 1.807) is 0 Å². The molecule has 1 unspecified atom stereocenters. The number of carboxylic acid groups (broad SMARTS) is 1. The third kappa shape index (κ3) is 5.86. The lowest BCUT2D eigenvalue weighted by Crippen LogP contribution is -2.43. The number of carbonyl (C=O) groups excluding carboxylic acids is 1. The molecule has 0 aliphatic heterocycles. The van der Waals surface area contributed by atoms with E-state index in [2.05, 4.69) is 11.9 Å². The minimum atomic E-state index is -1.11. The van der Waals surface area contributed by atoms with Crippen molar-refractivity contribution >= 4 is 11.9 Å². The second-order valence-corrected chi connectivity index (χ2v) is 2.42. The molecule has 0 rings (SSSR count). The van der Waals surface area contributed by atoms with Crippen LogP contribution < -0.4 is 5.32 Å². The van der Waals surface area contributed by atoms with Gasteiger partial charge in [-0.15, -0.1) is 6.58 Å². The van der Waals surface area contributed by atoms with Gasteiger partial charge in [0.15, 0.2) is 6.04 Å². The fourth-order valence-electron chi connectivity index (χ4n) is 0.689. The van der Waals surface area contributed by atoms with Crippen LogP contribution in [0.25, 0.3) is 0 Å². The highest BCUT2D eigenvalue weighted by Gasteiger charge is 2.17. The number of carboxylic acids is 1. The molecule has 0 radical (unpaired) electrons. The first-order chi connectivity index (χ1) is 6.07. The summed E-state index contributed by atoms with van der Waals surface area (Å²) in [5.41, 5.74) is 0. The SMILES string of the molecule is C=CCOCC(NC(C)=O)C(=O)O. The van der Waals surface area contributed by atoms with Crippen LogP contribution in [0.1, 0.15) is 6.92 Å². The van der Waals surface area contributed by atoms with Crippen LogP contribution in [0.3, 0.4) is 0 Å². The van der Waals surface area contributed by atoms with Gasteiger partial charge in [-0.05, 0) is 0 Å². The molecule has 1 atom stereocenters. The molecule has 74 valence electrons. The Morgan fingerprint density at radius 2 is 2.31 bits per heavy atom. The van der Waals surface area contributed by atoms with E-state index in [-0.39, 0.29) is 13.2 Å². The zero-order valence-electron chi connectivity index (χ0n) is 7.45. The van der Waals surface area contributed by atoms with Crippen molar-refractivity contribution in [2.24, 2.45) is 0 Å². The van der Waals surface area contributed by atoms with Crippen molar-refractivity contribution in [2.75, 3.05) is 13.2 Å². The van der Waals surface area contributed by atoms with Gasteiger partial charge in [0.2, 0.25) is 5.91 Å². The first-order valence-electron chi connectivity index (χ1n) is 3.76. The van der Waals surface area contributed by atoms with Gasteiger partial charge in [0.1, 0.15) is 0 Å². The number of amides is 1. The van der Waals surface area contributed by atoms with E-state index in [1.807, 2.05) is 0 Å². The zero-order chi connectivity index (χ0) is 10.3. The van der Waals surface area contributed by atoms with E-state index in [0.29, 0.717) is 0 Å². The summed E-state index contributed by atoms with van der Waals surface area (Å²) in [5, 5.41) is 10.8. The summed E-state index contributed by atoms with van der Waals surface area (Å²) >= 11 is 0. The van der Waals surface area contributed by atoms with E-state index in [4.69, 9.17) is 9.84 Å². The summed E-state index contributed by atoms with van der Waals surface area (Å²) in [5.74, 6) is -1.51. The monoisotopic (exact) mass is 187 g/mol. The van der Waals surface area contributed by atoms with Gasteiger partial charge in [-0.3, -0.25) is 4.79 Å². The summed E-state index contributed by atoms with van der Waals surface area (Å²) in [6, 6.07) is -0.988. The molecule has 0 aromatic rings. The van der Waals surface area contributed by atoms with Crippen LogP contribution in [0.5, 0.6) is 0 Å². The smallest absolute Gasteiger partial charge is 0.328 e. The first-order valence-corrected chi connectivity index (χ1v) is 3.76. The molecule has 2 N–H and O–H groups in total. The van der Waals surface area contributed by atoms with Gasteiger partial charge >= 0.3 is 5.97 Å². The van der Waals surface area contributed by atoms with Crippen molar-refractivity contribution in [2.45, 2.75) is 13.0 Å². The van der Waals surface area contributed by atoms with E-state index < -0.39 is 17.9 Å². The fraction of sp³-hybridized carbons (Fsp3) is 0.500. The normalized spacial score (nSPS) is 11.8. The minimum absolute atomic E-state index is 0.0546. The van der Waals surface area contributed by atoms with Gasteiger partial charge < -0.3 is 15.2 Å². The molecule has 13 heavy (non-hydrogen) atoms. The summed E-state index contributed by atoms with van der Waals surface area (Å²) in [4.78, 5) is 21.0. The molecule has 0 saturated heterocycles. The van der Waals surface area contributed by atoms with Crippen LogP contribution in [0, 0.1) is 0 Å². The van der Waals surface area contributed by atoms with E-state index >= 15 is 0 Å². The molecule has 0 aliphatic rings. The summed E-state index contributed by atoms with van der Waals surface area (Å²) in [6.45, 7) is 4.87. The topological polar surface area (TPSA) is 75.6 Å². The van der Waals surface area contributed by atoms with E-state index in [9.17, 15) is 9.59 Å². The molecular weight excluding hydrogens is 174 g/mol. The number of ether oxygens (including phenoxy) is 1. The Labute approximate surface area is 76.4 Å². The first kappa shape index (κ1) is 11.6. The molecule has 1 amide bonds. The number of nitrogens with one attached hydrogen (secondary N) is 1. The Morgan fingerprint density at radius 1 is 1.69 bits per heavy atom. The molecule has 0 spiro atoms. The van der Waals surface area contributed by atoms with Gasteiger partial charge in [-0.25, -0.2) is 4.79 Å². The van der Waals surface area contributed by atoms with Crippen LogP contribution >= 0.6 is 0 Å². The van der Waals surface area contributed by atoms with Crippen molar-refractivity contribution in [1.29, 1.82) is 0 Å². The number of carbonyl (C=O) groups is 2. The third-order valence-corrected chi connectivity index (χ3v) is 1.20. The maximum Gasteiger partial charge on any atom is 0.328 e. The minimum Gasteiger partial charge on any atom is -0.480 e. The number of rotatable bonds is 6. The van der Waals surface area contributed by atoms with Crippen LogP contribution in [-0.2, 0) is 14.3 Å². The van der Waals surface area contributed by atoms with Crippen LogP contribution in [-0.4, -0.2) is 36.2 Å². The standard InChI is InChI=1S/C8H13NO4/c1-3-4-13-5-7(8(11)12)9-6(2)10/h3,7H,1,4-5H2,2H3,(H,9,10)(H,11,12). The number of hydrogen-bond acceptors (Lipinski definition) is 3. The van der Waals surface area contributed by atoms with Crippen molar-refractivity contribution in [3.05, 3.63) is 12.7 Å². The predicted molar refractivity (Wildman–Crippen MR) is 46.3 cm³/mol. The zero-order valence-corrected chi connectivity index (χ0v) is 7.45. The quantitative estimate of drug-likeness (QED) is 0.445. The lowest BCUT2D eigenvalue weighted by atomic mass is 10.3. The van der Waals surface area contributed by atoms with Gasteiger partial charge in [0, 0.05) is 6.92 Å². The highest BCUT2D eigenvalue weighted by atomic mass is 16.5. The fourth-order valence-corrected chi connectivity index (χ4v) is 0.689. The van der Waals surface area contributed by atoms with Crippen molar-refractivity contribution in [1.82, 2.24) is 5.32 Å². The average molecular weight is 187 g/mol. The maximum atomic E-state index is 10.5. The Kier molecular flexibility index (Phi) is 5.54. The van der Waals surface area contributed by atoms with Gasteiger partial charge in [0.05, 0.1) is 13.2 Å². The predicted octanol–water partition coefficient (Wildman–Crippen LogP) is -0.222. The number of aliphatic carboxylic acids is 1. The van der Waals surface area contributed by atoms with Gasteiger partial charge in [-0.1, -0.05) is 6.08 Å². The molecule has 0 fully saturated rings. The van der Waals surface area contributed by atoms with Crippen LogP contribution in [0.2, 0.25) is 0 Å². The van der Waals surface area contributed by atoms with Crippen LogP contribution in [0.15, 0.2) is 12.7 Å². The lowest BCUT2D eigenvalue weighted by molar-refractivity contribution is -0.143. The molecule has 0 aromatic carbocycles. The lowest BCUT2D eigenvalue weighted by Gasteiger charge is -2.12. The van der Waals surface area contributed by atoms with Gasteiger partial charge in [-0.2, -0.15) is 0 Å². The second-order valence-electron chi connectivity index (χ2n) is 2.42. The summed E-state index contributed by atoms with van der Waals surface area (Å²) in [6.07, 6.45) is 1.51. The highest BCUT2D eigenvalue weighted by molar-refractivity contribution is 5.82. The number of hydrogen-bond donors (Lipinski definition) is 2. The molecule has 5 heteroatoms. The van der Waals surface area contributed by atoms with Crippen LogP contribution in [0.4, 0.5) is 0 Å². The van der Waals surface area contributed by atoms with Gasteiger partial charge in [0.25, 0.3) is 0 Å².